The lowest BCUT2D eigenvalue weighted by atomic mass is 10.2. The SMILES string of the molecule is CC(=O)Nc1ccc(NC(=S)Nc2cc(Cl)c(OCC(=O)OC(C)(C)C)c(Cl)c2)cc1. The van der Waals surface area contributed by atoms with Gasteiger partial charge in [0.1, 0.15) is 5.60 Å². The molecule has 2 rings (SSSR count). The lowest BCUT2D eigenvalue weighted by Gasteiger charge is -2.20. The average molecular weight is 484 g/mol. The van der Waals surface area contributed by atoms with Gasteiger partial charge in [-0.3, -0.25) is 4.79 Å². The second-order valence-corrected chi connectivity index (χ2v) is 8.70. The van der Waals surface area contributed by atoms with E-state index < -0.39 is 11.6 Å². The van der Waals surface area contributed by atoms with Crippen molar-refractivity contribution in [3.63, 3.8) is 0 Å². The number of thiocarbonyl (C=S) groups is 1. The maximum Gasteiger partial charge on any atom is 0.344 e. The molecule has 0 aliphatic heterocycles. The average Bonchev–Trinajstić information content (AvgIpc) is 2.60. The third-order valence-electron chi connectivity index (χ3n) is 3.47. The van der Waals surface area contributed by atoms with Crippen LogP contribution < -0.4 is 20.7 Å². The maximum absolute atomic E-state index is 11.8. The van der Waals surface area contributed by atoms with Crippen molar-refractivity contribution in [1.29, 1.82) is 0 Å². The fraction of sp³-hybridized carbons (Fsp3) is 0.286. The van der Waals surface area contributed by atoms with Crippen LogP contribution in [0.3, 0.4) is 0 Å². The van der Waals surface area contributed by atoms with Gasteiger partial charge in [-0.2, -0.15) is 0 Å². The highest BCUT2D eigenvalue weighted by atomic mass is 35.5. The zero-order chi connectivity index (χ0) is 23.2. The first-order chi connectivity index (χ1) is 14.4. The van der Waals surface area contributed by atoms with Crippen molar-refractivity contribution in [1.82, 2.24) is 0 Å². The van der Waals surface area contributed by atoms with Gasteiger partial charge in [-0.15, -0.1) is 0 Å². The summed E-state index contributed by atoms with van der Waals surface area (Å²) in [4.78, 5) is 22.9. The molecule has 0 saturated heterocycles. The van der Waals surface area contributed by atoms with E-state index in [-0.39, 0.29) is 28.3 Å². The molecule has 0 saturated carbocycles. The van der Waals surface area contributed by atoms with Crippen LogP contribution in [0.15, 0.2) is 36.4 Å². The number of carbonyl (C=O) groups excluding carboxylic acids is 2. The van der Waals surface area contributed by atoms with Gasteiger partial charge in [-0.05, 0) is 69.4 Å². The predicted octanol–water partition coefficient (Wildman–Crippen LogP) is 5.48. The van der Waals surface area contributed by atoms with Crippen molar-refractivity contribution in [3.8, 4) is 5.75 Å². The summed E-state index contributed by atoms with van der Waals surface area (Å²) in [7, 11) is 0. The highest BCUT2D eigenvalue weighted by molar-refractivity contribution is 7.80. The van der Waals surface area contributed by atoms with Gasteiger partial charge < -0.3 is 25.4 Å². The molecule has 2 aromatic carbocycles. The number of ether oxygens (including phenoxy) is 2. The zero-order valence-corrected chi connectivity index (χ0v) is 19.8. The minimum atomic E-state index is -0.616. The second-order valence-electron chi connectivity index (χ2n) is 7.48. The molecule has 0 aliphatic rings. The lowest BCUT2D eigenvalue weighted by Crippen LogP contribution is -2.27. The Morgan fingerprint density at radius 2 is 1.42 bits per heavy atom. The van der Waals surface area contributed by atoms with E-state index in [9.17, 15) is 9.59 Å². The van der Waals surface area contributed by atoms with E-state index in [1.54, 1.807) is 57.2 Å². The van der Waals surface area contributed by atoms with Crippen LogP contribution in [0.5, 0.6) is 5.75 Å². The van der Waals surface area contributed by atoms with Crippen LogP contribution in [0.4, 0.5) is 17.1 Å². The zero-order valence-electron chi connectivity index (χ0n) is 17.5. The molecule has 0 atom stereocenters. The Bertz CT molecular complexity index is 953. The van der Waals surface area contributed by atoms with Crippen LogP contribution in [-0.2, 0) is 14.3 Å². The number of halogens is 2. The van der Waals surface area contributed by atoms with Crippen molar-refractivity contribution in [2.75, 3.05) is 22.6 Å². The molecule has 0 aromatic heterocycles. The quantitative estimate of drug-likeness (QED) is 0.370. The molecule has 2 aromatic rings. The Morgan fingerprint density at radius 3 is 1.90 bits per heavy atom. The molecule has 0 heterocycles. The number of hydrogen-bond donors (Lipinski definition) is 3. The Morgan fingerprint density at radius 1 is 0.935 bits per heavy atom. The van der Waals surface area contributed by atoms with Crippen molar-refractivity contribution < 1.29 is 19.1 Å². The minimum Gasteiger partial charge on any atom is -0.479 e. The van der Waals surface area contributed by atoms with Gasteiger partial charge in [-0.1, -0.05) is 23.2 Å². The van der Waals surface area contributed by atoms with Crippen LogP contribution in [-0.4, -0.2) is 29.2 Å². The smallest absolute Gasteiger partial charge is 0.344 e. The number of hydrogen-bond acceptors (Lipinski definition) is 5. The Hall–Kier alpha value is -2.55. The number of anilines is 3. The summed E-state index contributed by atoms with van der Waals surface area (Å²) in [6.07, 6.45) is 0. The Kier molecular flexibility index (Phi) is 8.50. The van der Waals surface area contributed by atoms with E-state index in [0.717, 1.165) is 5.69 Å². The Balaban J connectivity index is 1.97. The van der Waals surface area contributed by atoms with Crippen molar-refractivity contribution >= 4 is 69.5 Å². The summed E-state index contributed by atoms with van der Waals surface area (Å²) >= 11 is 17.8. The summed E-state index contributed by atoms with van der Waals surface area (Å²) in [6, 6.07) is 10.2. The molecule has 0 bridgehead atoms. The minimum absolute atomic E-state index is 0.148. The number of esters is 1. The molecule has 166 valence electrons. The van der Waals surface area contributed by atoms with E-state index in [4.69, 9.17) is 44.9 Å². The van der Waals surface area contributed by atoms with Gasteiger partial charge in [0, 0.05) is 24.0 Å². The van der Waals surface area contributed by atoms with Gasteiger partial charge >= 0.3 is 5.97 Å². The lowest BCUT2D eigenvalue weighted by molar-refractivity contribution is -0.157. The highest BCUT2D eigenvalue weighted by Crippen LogP contribution is 2.36. The van der Waals surface area contributed by atoms with Crippen LogP contribution in [0.25, 0.3) is 0 Å². The van der Waals surface area contributed by atoms with E-state index in [0.29, 0.717) is 16.5 Å². The number of rotatable bonds is 6. The summed E-state index contributed by atoms with van der Waals surface area (Å²) in [5, 5.41) is 9.40. The van der Waals surface area contributed by atoms with Crippen molar-refractivity contribution in [3.05, 3.63) is 46.4 Å². The number of amides is 1. The van der Waals surface area contributed by atoms with Gasteiger partial charge in [0.15, 0.2) is 17.5 Å². The molecule has 0 spiro atoms. The van der Waals surface area contributed by atoms with E-state index in [1.165, 1.54) is 6.92 Å². The monoisotopic (exact) mass is 483 g/mol. The molecule has 0 fully saturated rings. The third kappa shape index (κ3) is 8.61. The van der Waals surface area contributed by atoms with E-state index in [2.05, 4.69) is 16.0 Å². The molecule has 7 nitrogen and oxygen atoms in total. The summed E-state index contributed by atoms with van der Waals surface area (Å²) in [5.41, 5.74) is 1.32. The molecule has 0 unspecified atom stereocenters. The van der Waals surface area contributed by atoms with Gasteiger partial charge in [-0.25, -0.2) is 4.79 Å². The standard InChI is InChI=1S/C21H23Cl2N3O4S/c1-12(27)24-13-5-7-14(8-6-13)25-20(31)26-15-9-16(22)19(17(23)10-15)29-11-18(28)30-21(2,3)4/h5-10H,11H2,1-4H3,(H,24,27)(H2,25,26,31). The van der Waals surface area contributed by atoms with Gasteiger partial charge in [0.05, 0.1) is 10.0 Å². The molecule has 0 radical (unpaired) electrons. The van der Waals surface area contributed by atoms with E-state index >= 15 is 0 Å². The Labute approximate surface area is 196 Å². The number of benzene rings is 2. The van der Waals surface area contributed by atoms with Crippen LogP contribution in [0.2, 0.25) is 10.0 Å². The van der Waals surface area contributed by atoms with Crippen molar-refractivity contribution in [2.45, 2.75) is 33.3 Å². The molecule has 1 amide bonds. The maximum atomic E-state index is 11.8. The molecule has 3 N–H and O–H groups in total. The molecule has 0 aliphatic carbocycles. The molecular weight excluding hydrogens is 461 g/mol. The second kappa shape index (κ2) is 10.7. The predicted molar refractivity (Wildman–Crippen MR) is 128 cm³/mol. The topological polar surface area (TPSA) is 88.7 Å². The normalized spacial score (nSPS) is 10.8. The number of carbonyl (C=O) groups is 2. The first kappa shape index (κ1) is 24.7. The molecule has 31 heavy (non-hydrogen) atoms. The third-order valence-corrected chi connectivity index (χ3v) is 4.24. The van der Waals surface area contributed by atoms with Gasteiger partial charge in [0.25, 0.3) is 0 Å². The largest absolute Gasteiger partial charge is 0.479 e. The molecular formula is C21H23Cl2N3O4S. The summed E-state index contributed by atoms with van der Waals surface area (Å²) in [5.74, 6) is -0.505. The van der Waals surface area contributed by atoms with E-state index in [1.807, 2.05) is 0 Å². The van der Waals surface area contributed by atoms with Gasteiger partial charge in [0.2, 0.25) is 5.91 Å². The fourth-order valence-electron chi connectivity index (χ4n) is 2.41. The van der Waals surface area contributed by atoms with Crippen molar-refractivity contribution in [2.24, 2.45) is 0 Å². The van der Waals surface area contributed by atoms with Crippen LogP contribution in [0.1, 0.15) is 27.7 Å². The van der Waals surface area contributed by atoms with Crippen LogP contribution >= 0.6 is 35.4 Å². The summed E-state index contributed by atoms with van der Waals surface area (Å²) < 4.78 is 10.6. The fourth-order valence-corrected chi connectivity index (χ4v) is 3.24. The first-order valence-corrected chi connectivity index (χ1v) is 10.4. The van der Waals surface area contributed by atoms with Crippen LogP contribution in [0, 0.1) is 0 Å². The first-order valence-electron chi connectivity index (χ1n) is 9.22. The number of nitrogens with one attached hydrogen (secondary N) is 3. The summed E-state index contributed by atoms with van der Waals surface area (Å²) in [6.45, 7) is 6.41. The highest BCUT2D eigenvalue weighted by Gasteiger charge is 2.18. The molecule has 10 heteroatoms.